The molecule has 3 aromatic rings. The Morgan fingerprint density at radius 2 is 1.96 bits per heavy atom. The second-order valence-electron chi connectivity index (χ2n) is 5.40. The van der Waals surface area contributed by atoms with Crippen LogP contribution in [0.1, 0.15) is 26.6 Å². The lowest BCUT2D eigenvalue weighted by Gasteiger charge is -2.00. The molecule has 0 aliphatic carbocycles. The molecule has 0 radical (unpaired) electrons. The van der Waals surface area contributed by atoms with Gasteiger partial charge in [0.25, 0.3) is 5.91 Å². The summed E-state index contributed by atoms with van der Waals surface area (Å²) in [6.07, 6.45) is -0.160. The fourth-order valence-electron chi connectivity index (χ4n) is 2.26. The van der Waals surface area contributed by atoms with Crippen LogP contribution in [0.25, 0.3) is 10.6 Å². The minimum atomic E-state index is -0.950. The highest BCUT2D eigenvalue weighted by Gasteiger charge is 2.16. The van der Waals surface area contributed by atoms with E-state index < -0.39 is 5.97 Å². The largest absolute Gasteiger partial charge is 0.481 e. The number of rotatable bonds is 5. The summed E-state index contributed by atoms with van der Waals surface area (Å²) in [6, 6.07) is 7.86. The number of carboxylic acid groups (broad SMARTS) is 1. The third kappa shape index (κ3) is 3.92. The van der Waals surface area contributed by atoms with Gasteiger partial charge in [-0.1, -0.05) is 24.3 Å². The number of anilines is 1. The lowest BCUT2D eigenvalue weighted by molar-refractivity contribution is -0.136. The zero-order valence-electron chi connectivity index (χ0n) is 13.6. The Morgan fingerprint density at radius 3 is 2.68 bits per heavy atom. The number of thiazole rings is 2. The summed E-state index contributed by atoms with van der Waals surface area (Å²) in [5, 5.41) is 14.4. The Hall–Kier alpha value is -2.58. The molecule has 1 amide bonds. The SMILES string of the molecule is Cc1ccccc1-c1nc(C(=O)Nc2nc(CC(=O)O)c(C)s2)cs1. The fraction of sp³-hybridized carbons (Fsp3) is 0.176. The number of nitrogens with one attached hydrogen (secondary N) is 1. The summed E-state index contributed by atoms with van der Waals surface area (Å²) in [4.78, 5) is 32.5. The van der Waals surface area contributed by atoms with Gasteiger partial charge >= 0.3 is 5.97 Å². The van der Waals surface area contributed by atoms with Gasteiger partial charge in [-0.3, -0.25) is 14.9 Å². The van der Waals surface area contributed by atoms with Crippen molar-refractivity contribution in [2.45, 2.75) is 20.3 Å². The first-order valence-electron chi connectivity index (χ1n) is 7.45. The molecule has 0 unspecified atom stereocenters. The van der Waals surface area contributed by atoms with Crippen molar-refractivity contribution < 1.29 is 14.7 Å². The second-order valence-corrected chi connectivity index (χ2v) is 7.46. The smallest absolute Gasteiger partial charge is 0.309 e. The lowest BCUT2D eigenvalue weighted by Crippen LogP contribution is -2.12. The van der Waals surface area contributed by atoms with E-state index in [0.717, 1.165) is 21.0 Å². The molecule has 128 valence electrons. The molecule has 0 saturated carbocycles. The number of benzene rings is 1. The van der Waals surface area contributed by atoms with Crippen LogP contribution in [0.2, 0.25) is 0 Å². The fourth-order valence-corrected chi connectivity index (χ4v) is 3.98. The first-order valence-corrected chi connectivity index (χ1v) is 9.14. The number of aliphatic carboxylic acids is 1. The molecular weight excluding hydrogens is 358 g/mol. The summed E-state index contributed by atoms with van der Waals surface area (Å²) in [5.74, 6) is -1.31. The van der Waals surface area contributed by atoms with Crippen molar-refractivity contribution in [3.63, 3.8) is 0 Å². The van der Waals surface area contributed by atoms with E-state index in [1.54, 1.807) is 12.3 Å². The minimum Gasteiger partial charge on any atom is -0.481 e. The number of carbonyl (C=O) groups excluding carboxylic acids is 1. The number of carbonyl (C=O) groups is 2. The van der Waals surface area contributed by atoms with Gasteiger partial charge in [0.1, 0.15) is 10.7 Å². The van der Waals surface area contributed by atoms with Gasteiger partial charge in [0.05, 0.1) is 12.1 Å². The number of hydrogen-bond donors (Lipinski definition) is 2. The topological polar surface area (TPSA) is 92.2 Å². The van der Waals surface area contributed by atoms with Crippen molar-refractivity contribution in [1.29, 1.82) is 0 Å². The van der Waals surface area contributed by atoms with Crippen LogP contribution in [0.3, 0.4) is 0 Å². The van der Waals surface area contributed by atoms with Crippen molar-refractivity contribution in [1.82, 2.24) is 9.97 Å². The standard InChI is InChI=1S/C17H15N3O3S2/c1-9-5-3-4-6-11(9)16-18-13(8-24-16)15(23)20-17-19-12(7-14(21)22)10(2)25-17/h3-6,8H,7H2,1-2H3,(H,21,22)(H,19,20,23). The van der Waals surface area contributed by atoms with E-state index in [0.29, 0.717) is 16.5 Å². The predicted octanol–water partition coefficient (Wildman–Crippen LogP) is 3.76. The van der Waals surface area contributed by atoms with Crippen LogP contribution in [0.15, 0.2) is 29.6 Å². The molecule has 0 bridgehead atoms. The Kier molecular flexibility index (Phi) is 4.91. The molecule has 2 aromatic heterocycles. The summed E-state index contributed by atoms with van der Waals surface area (Å²) in [6.45, 7) is 3.78. The molecule has 8 heteroatoms. The Balaban J connectivity index is 1.77. The molecule has 2 heterocycles. The summed E-state index contributed by atoms with van der Waals surface area (Å²) in [5.41, 5.74) is 2.88. The van der Waals surface area contributed by atoms with Crippen molar-refractivity contribution in [3.05, 3.63) is 51.5 Å². The Bertz CT molecular complexity index is 946. The molecule has 0 aliphatic rings. The van der Waals surface area contributed by atoms with Gasteiger partial charge in [0.15, 0.2) is 5.13 Å². The molecule has 0 spiro atoms. The minimum absolute atomic E-state index is 0.160. The van der Waals surface area contributed by atoms with Crippen molar-refractivity contribution >= 4 is 39.7 Å². The maximum Gasteiger partial charge on any atom is 0.309 e. The van der Waals surface area contributed by atoms with Gasteiger partial charge in [0, 0.05) is 15.8 Å². The summed E-state index contributed by atoms with van der Waals surface area (Å²) >= 11 is 2.66. The van der Waals surface area contributed by atoms with Crippen molar-refractivity contribution in [2.75, 3.05) is 5.32 Å². The number of aryl methyl sites for hydroxylation is 2. The molecule has 0 atom stereocenters. The predicted molar refractivity (Wildman–Crippen MR) is 98.4 cm³/mol. The zero-order chi connectivity index (χ0) is 18.0. The van der Waals surface area contributed by atoms with Gasteiger partial charge in [0.2, 0.25) is 0 Å². The molecule has 0 saturated heterocycles. The number of hydrogen-bond acceptors (Lipinski definition) is 6. The average molecular weight is 373 g/mol. The molecule has 25 heavy (non-hydrogen) atoms. The van der Waals surface area contributed by atoms with E-state index in [2.05, 4.69) is 15.3 Å². The average Bonchev–Trinajstić information content (AvgIpc) is 3.15. The Morgan fingerprint density at radius 1 is 1.20 bits per heavy atom. The van der Waals surface area contributed by atoms with E-state index in [9.17, 15) is 9.59 Å². The van der Waals surface area contributed by atoms with Gasteiger partial charge in [-0.2, -0.15) is 0 Å². The molecule has 1 aromatic carbocycles. The zero-order valence-corrected chi connectivity index (χ0v) is 15.2. The van der Waals surface area contributed by atoms with E-state index in [-0.39, 0.29) is 12.3 Å². The van der Waals surface area contributed by atoms with E-state index in [4.69, 9.17) is 5.11 Å². The molecule has 2 N–H and O–H groups in total. The van der Waals surface area contributed by atoms with Gasteiger partial charge < -0.3 is 5.11 Å². The summed E-state index contributed by atoms with van der Waals surface area (Å²) < 4.78 is 0. The van der Waals surface area contributed by atoms with Gasteiger partial charge in [-0.05, 0) is 19.4 Å². The third-order valence-corrected chi connectivity index (χ3v) is 5.35. The van der Waals surface area contributed by atoms with Crippen molar-refractivity contribution in [3.8, 4) is 10.6 Å². The van der Waals surface area contributed by atoms with Crippen LogP contribution in [0.5, 0.6) is 0 Å². The Labute approximate surface area is 152 Å². The third-order valence-electron chi connectivity index (χ3n) is 3.54. The maximum absolute atomic E-state index is 12.4. The van der Waals surface area contributed by atoms with Crippen LogP contribution in [-0.4, -0.2) is 27.0 Å². The molecule has 0 fully saturated rings. The van der Waals surface area contributed by atoms with Gasteiger partial charge in [-0.25, -0.2) is 9.97 Å². The number of nitrogens with zero attached hydrogens (tertiary/aromatic N) is 2. The highest BCUT2D eigenvalue weighted by Crippen LogP contribution is 2.27. The molecule has 3 rings (SSSR count). The second kappa shape index (κ2) is 7.12. The number of carboxylic acids is 1. The monoisotopic (exact) mass is 373 g/mol. The maximum atomic E-state index is 12.4. The first kappa shape index (κ1) is 17.2. The first-order chi connectivity index (χ1) is 11.9. The highest BCUT2D eigenvalue weighted by atomic mass is 32.1. The number of aromatic nitrogens is 2. The van der Waals surface area contributed by atoms with E-state index in [1.165, 1.54) is 22.7 Å². The lowest BCUT2D eigenvalue weighted by atomic mass is 10.1. The van der Waals surface area contributed by atoms with Crippen LogP contribution in [0.4, 0.5) is 5.13 Å². The normalized spacial score (nSPS) is 10.6. The van der Waals surface area contributed by atoms with Crippen LogP contribution in [-0.2, 0) is 11.2 Å². The highest BCUT2D eigenvalue weighted by molar-refractivity contribution is 7.16. The number of amides is 1. The van der Waals surface area contributed by atoms with Crippen LogP contribution in [0, 0.1) is 13.8 Å². The van der Waals surface area contributed by atoms with Crippen molar-refractivity contribution in [2.24, 2.45) is 0 Å². The van der Waals surface area contributed by atoms with E-state index in [1.807, 2.05) is 31.2 Å². The molecule has 6 nitrogen and oxygen atoms in total. The van der Waals surface area contributed by atoms with Crippen LogP contribution < -0.4 is 5.32 Å². The van der Waals surface area contributed by atoms with E-state index >= 15 is 0 Å². The quantitative estimate of drug-likeness (QED) is 0.710. The molecule has 0 aliphatic heterocycles. The summed E-state index contributed by atoms with van der Waals surface area (Å²) in [7, 11) is 0. The van der Waals surface area contributed by atoms with Crippen LogP contribution >= 0.6 is 22.7 Å². The van der Waals surface area contributed by atoms with Gasteiger partial charge in [-0.15, -0.1) is 22.7 Å². The molecular formula is C17H15N3O3S2.